The van der Waals surface area contributed by atoms with Gasteiger partial charge in [-0.3, -0.25) is 4.79 Å². The van der Waals surface area contributed by atoms with Gasteiger partial charge < -0.3 is 10.1 Å². The van der Waals surface area contributed by atoms with E-state index >= 15 is 0 Å². The van der Waals surface area contributed by atoms with E-state index in [1.54, 1.807) is 17.6 Å². The zero-order valence-electron chi connectivity index (χ0n) is 17.8. The van der Waals surface area contributed by atoms with Crippen molar-refractivity contribution in [3.05, 3.63) is 93.6 Å². The zero-order valence-corrected chi connectivity index (χ0v) is 18.6. The number of thiazole rings is 1. The van der Waals surface area contributed by atoms with E-state index in [-0.39, 0.29) is 11.9 Å². The molecule has 2 heterocycles. The molecule has 1 aliphatic rings. The number of rotatable bonds is 6. The third-order valence-corrected chi connectivity index (χ3v) is 6.45. The maximum absolute atomic E-state index is 13.1. The highest BCUT2D eigenvalue weighted by Crippen LogP contribution is 2.35. The van der Waals surface area contributed by atoms with E-state index in [1.807, 2.05) is 35.3 Å². The van der Waals surface area contributed by atoms with Crippen LogP contribution in [0.3, 0.4) is 0 Å². The van der Waals surface area contributed by atoms with Crippen molar-refractivity contribution in [1.82, 2.24) is 14.8 Å². The molecule has 1 N–H and O–H groups in total. The molecule has 32 heavy (non-hydrogen) atoms. The molecule has 0 spiro atoms. The first-order chi connectivity index (χ1) is 15.7. The number of carbonyl (C=O) groups is 1. The van der Waals surface area contributed by atoms with Gasteiger partial charge in [0.05, 0.1) is 23.4 Å². The molecule has 0 fully saturated rings. The quantitative estimate of drug-likeness (QED) is 0.432. The van der Waals surface area contributed by atoms with Crippen LogP contribution in [-0.2, 0) is 13.0 Å². The summed E-state index contributed by atoms with van der Waals surface area (Å²) in [6.07, 6.45) is 5.01. The summed E-state index contributed by atoms with van der Waals surface area (Å²) in [7, 11) is 0. The minimum Gasteiger partial charge on any atom is -0.487 e. The van der Waals surface area contributed by atoms with Gasteiger partial charge in [-0.1, -0.05) is 30.3 Å². The first-order valence-electron chi connectivity index (χ1n) is 10.7. The third-order valence-electron chi connectivity index (χ3n) is 5.81. The minimum absolute atomic E-state index is 0.122. The maximum atomic E-state index is 13.1. The lowest BCUT2D eigenvalue weighted by Crippen LogP contribution is -2.22. The maximum Gasteiger partial charge on any atom is 0.256 e. The molecule has 0 saturated carbocycles. The van der Waals surface area contributed by atoms with Crippen LogP contribution in [0.4, 0.5) is 5.82 Å². The molecule has 4 aromatic rings. The molecule has 5 rings (SSSR count). The second kappa shape index (κ2) is 8.96. The molecular formula is C25H24N4O2S. The average Bonchev–Trinajstić information content (AvgIpc) is 3.48. The van der Waals surface area contributed by atoms with E-state index in [1.165, 1.54) is 22.5 Å². The lowest BCUT2D eigenvalue weighted by Gasteiger charge is -2.27. The Hall–Kier alpha value is -3.45. The number of ether oxygens (including phenoxy) is 1. The molecule has 0 saturated heterocycles. The Kier molecular flexibility index (Phi) is 5.73. The second-order valence-electron chi connectivity index (χ2n) is 7.98. The van der Waals surface area contributed by atoms with E-state index < -0.39 is 0 Å². The van der Waals surface area contributed by atoms with Crippen LogP contribution in [0.5, 0.6) is 5.75 Å². The number of benzene rings is 2. The molecule has 0 bridgehead atoms. The molecule has 2 aromatic carbocycles. The zero-order chi connectivity index (χ0) is 21.9. The van der Waals surface area contributed by atoms with Gasteiger partial charge in [-0.2, -0.15) is 5.10 Å². The predicted molar refractivity (Wildman–Crippen MR) is 125 cm³/mol. The Balaban J connectivity index is 1.36. The number of fused-ring (bicyclic) bond motifs is 1. The van der Waals surface area contributed by atoms with Crippen molar-refractivity contribution in [3.63, 3.8) is 0 Å². The Morgan fingerprint density at radius 3 is 3.03 bits per heavy atom. The van der Waals surface area contributed by atoms with Gasteiger partial charge in [0.2, 0.25) is 0 Å². The first-order valence-corrected chi connectivity index (χ1v) is 11.7. The van der Waals surface area contributed by atoms with Crippen molar-refractivity contribution in [3.8, 4) is 5.75 Å². The summed E-state index contributed by atoms with van der Waals surface area (Å²) < 4.78 is 7.77. The highest BCUT2D eigenvalue weighted by atomic mass is 32.1. The largest absolute Gasteiger partial charge is 0.487 e. The number of anilines is 1. The molecule has 7 heteroatoms. The van der Waals surface area contributed by atoms with Crippen molar-refractivity contribution in [1.29, 1.82) is 0 Å². The number of aryl methyl sites for hydroxylation is 2. The Labute approximate surface area is 190 Å². The van der Waals surface area contributed by atoms with Gasteiger partial charge in [0.15, 0.2) is 0 Å². The van der Waals surface area contributed by atoms with Gasteiger partial charge >= 0.3 is 0 Å². The van der Waals surface area contributed by atoms with E-state index in [0.717, 1.165) is 36.3 Å². The molecule has 1 atom stereocenters. The Morgan fingerprint density at radius 1 is 1.25 bits per heavy atom. The lowest BCUT2D eigenvalue weighted by atomic mass is 9.88. The fraction of sp³-hybridized carbons (Fsp3) is 0.240. The van der Waals surface area contributed by atoms with Crippen LogP contribution in [0.2, 0.25) is 0 Å². The Bertz CT molecular complexity index is 1230. The summed E-state index contributed by atoms with van der Waals surface area (Å²) in [5.74, 6) is 1.20. The molecule has 0 aliphatic heterocycles. The Morgan fingerprint density at radius 2 is 2.16 bits per heavy atom. The summed E-state index contributed by atoms with van der Waals surface area (Å²) in [4.78, 5) is 17.3. The SMILES string of the molecule is Cc1cnn(C2CCCc3ccccc32)c1NC(=O)c1cccc(OCc2cscn2)c1. The number of amides is 1. The molecule has 162 valence electrons. The highest BCUT2D eigenvalue weighted by molar-refractivity contribution is 7.07. The molecule has 1 aliphatic carbocycles. The molecule has 2 aromatic heterocycles. The number of hydrogen-bond acceptors (Lipinski definition) is 5. The number of nitrogens with one attached hydrogen (secondary N) is 1. The van der Waals surface area contributed by atoms with Crippen LogP contribution in [0.1, 0.15) is 51.6 Å². The summed E-state index contributed by atoms with van der Waals surface area (Å²) in [5.41, 5.74) is 6.78. The smallest absolute Gasteiger partial charge is 0.256 e. The van der Waals surface area contributed by atoms with E-state index in [4.69, 9.17) is 4.74 Å². The topological polar surface area (TPSA) is 69.0 Å². The fourth-order valence-corrected chi connectivity index (χ4v) is 4.74. The normalized spacial score (nSPS) is 15.2. The van der Waals surface area contributed by atoms with E-state index in [2.05, 4.69) is 39.7 Å². The molecular weight excluding hydrogens is 420 g/mol. The van der Waals surface area contributed by atoms with Gasteiger partial charge in [-0.25, -0.2) is 9.67 Å². The van der Waals surface area contributed by atoms with E-state index in [9.17, 15) is 4.79 Å². The van der Waals surface area contributed by atoms with Gasteiger partial charge in [0.1, 0.15) is 18.2 Å². The standard InChI is InChI=1S/C25H24N4O2S/c1-17-13-27-29(23-11-5-7-18-6-2-3-10-22(18)23)24(17)28-25(30)19-8-4-9-21(12-19)31-14-20-15-32-16-26-20/h2-4,6,8-10,12-13,15-16,23H,5,7,11,14H2,1H3,(H,28,30). The minimum atomic E-state index is -0.182. The number of hydrogen-bond donors (Lipinski definition) is 1. The summed E-state index contributed by atoms with van der Waals surface area (Å²) in [6.45, 7) is 2.35. The fourth-order valence-electron chi connectivity index (χ4n) is 4.20. The summed E-state index contributed by atoms with van der Waals surface area (Å²) in [6, 6.07) is 15.9. The van der Waals surface area contributed by atoms with Crippen LogP contribution in [0.15, 0.2) is 65.6 Å². The van der Waals surface area contributed by atoms with Crippen LogP contribution >= 0.6 is 11.3 Å². The summed E-state index contributed by atoms with van der Waals surface area (Å²) >= 11 is 1.53. The predicted octanol–water partition coefficient (Wildman–Crippen LogP) is 5.41. The van der Waals surface area contributed by atoms with Gasteiger partial charge in [-0.15, -0.1) is 11.3 Å². The number of nitrogens with zero attached hydrogens (tertiary/aromatic N) is 3. The highest BCUT2D eigenvalue weighted by Gasteiger charge is 2.25. The van der Waals surface area contributed by atoms with Crippen molar-refractivity contribution < 1.29 is 9.53 Å². The van der Waals surface area contributed by atoms with Crippen molar-refractivity contribution in [2.45, 2.75) is 38.8 Å². The van der Waals surface area contributed by atoms with Crippen LogP contribution in [0.25, 0.3) is 0 Å². The van der Waals surface area contributed by atoms with Gasteiger partial charge in [0, 0.05) is 16.5 Å². The molecule has 6 nitrogen and oxygen atoms in total. The van der Waals surface area contributed by atoms with E-state index in [0.29, 0.717) is 17.9 Å². The monoisotopic (exact) mass is 444 g/mol. The summed E-state index contributed by atoms with van der Waals surface area (Å²) in [5, 5.41) is 9.68. The van der Waals surface area contributed by atoms with Crippen LogP contribution in [-0.4, -0.2) is 20.7 Å². The van der Waals surface area contributed by atoms with Crippen molar-refractivity contribution in [2.24, 2.45) is 0 Å². The van der Waals surface area contributed by atoms with Crippen LogP contribution in [0, 0.1) is 6.92 Å². The van der Waals surface area contributed by atoms with Crippen LogP contribution < -0.4 is 10.1 Å². The number of carbonyl (C=O) groups excluding carboxylic acids is 1. The van der Waals surface area contributed by atoms with Crippen molar-refractivity contribution in [2.75, 3.05) is 5.32 Å². The molecule has 1 unspecified atom stereocenters. The molecule has 1 amide bonds. The lowest BCUT2D eigenvalue weighted by molar-refractivity contribution is 0.102. The average molecular weight is 445 g/mol. The van der Waals surface area contributed by atoms with Gasteiger partial charge in [0.25, 0.3) is 5.91 Å². The number of aromatic nitrogens is 3. The second-order valence-corrected chi connectivity index (χ2v) is 8.70. The first kappa shape index (κ1) is 20.5. The van der Waals surface area contributed by atoms with Crippen molar-refractivity contribution >= 4 is 23.1 Å². The molecule has 0 radical (unpaired) electrons. The third kappa shape index (κ3) is 4.16. The van der Waals surface area contributed by atoms with Gasteiger partial charge in [-0.05, 0) is 55.5 Å².